The van der Waals surface area contributed by atoms with Crippen molar-refractivity contribution in [2.75, 3.05) is 0 Å². The second kappa shape index (κ2) is 9.09. The zero-order chi connectivity index (χ0) is 30.6. The molecule has 0 unspecified atom stereocenters. The molecule has 0 amide bonds. The van der Waals surface area contributed by atoms with Crippen molar-refractivity contribution in [1.29, 1.82) is 0 Å². The Labute approximate surface area is 268 Å². The first-order chi connectivity index (χ1) is 23.3. The lowest BCUT2D eigenvalue weighted by atomic mass is 10.1. The number of rotatable bonds is 2. The van der Waals surface area contributed by atoms with Gasteiger partial charge in [0.25, 0.3) is 0 Å². The molecule has 0 N–H and O–H groups in total. The van der Waals surface area contributed by atoms with Crippen LogP contribution in [-0.2, 0) is 0 Å². The predicted octanol–water partition coefficient (Wildman–Crippen LogP) is 11.0. The van der Waals surface area contributed by atoms with E-state index in [0.29, 0.717) is 0 Å². The average molecular weight is 599 g/mol. The Morgan fingerprint density at radius 2 is 0.830 bits per heavy atom. The summed E-state index contributed by atoms with van der Waals surface area (Å²) in [4.78, 5) is 5.49. The summed E-state index contributed by atoms with van der Waals surface area (Å²) < 4.78 is 7.16. The molecule has 0 radical (unpaired) electrons. The third kappa shape index (κ3) is 3.23. The van der Waals surface area contributed by atoms with Gasteiger partial charge in [0.15, 0.2) is 0 Å². The van der Waals surface area contributed by atoms with Crippen molar-refractivity contribution in [2.24, 2.45) is 0 Å². The minimum absolute atomic E-state index is 0.984. The van der Waals surface area contributed by atoms with Crippen molar-refractivity contribution >= 4 is 82.0 Å². The van der Waals surface area contributed by atoms with Gasteiger partial charge in [0, 0.05) is 43.7 Å². The molecule has 218 valence electrons. The van der Waals surface area contributed by atoms with Gasteiger partial charge in [0.1, 0.15) is 11.2 Å². The van der Waals surface area contributed by atoms with Crippen LogP contribution in [0, 0.1) is 0 Å². The molecule has 11 rings (SSSR count). The Morgan fingerprint density at radius 1 is 0.340 bits per heavy atom. The quantitative estimate of drug-likeness (QED) is 0.182. The van der Waals surface area contributed by atoms with Crippen LogP contribution in [-0.4, -0.2) is 18.5 Å². The molecule has 0 saturated carbocycles. The highest BCUT2D eigenvalue weighted by Gasteiger charge is 2.21. The van der Waals surface area contributed by atoms with Crippen molar-refractivity contribution in [1.82, 2.24) is 18.5 Å². The zero-order valence-corrected chi connectivity index (χ0v) is 25.3. The van der Waals surface area contributed by atoms with Gasteiger partial charge in [-0.15, -0.1) is 0 Å². The molecule has 0 fully saturated rings. The third-order valence-electron chi connectivity index (χ3n) is 9.99. The van der Waals surface area contributed by atoms with Crippen molar-refractivity contribution in [2.45, 2.75) is 0 Å². The lowest BCUT2D eigenvalue weighted by Crippen LogP contribution is -1.99. The van der Waals surface area contributed by atoms with Gasteiger partial charge < -0.3 is 9.13 Å². The predicted molar refractivity (Wildman–Crippen MR) is 196 cm³/mol. The molecule has 0 aliphatic heterocycles. The summed E-state index contributed by atoms with van der Waals surface area (Å²) >= 11 is 0. The van der Waals surface area contributed by atoms with Gasteiger partial charge in [-0.25, -0.2) is 4.98 Å². The molecule has 47 heavy (non-hydrogen) atoms. The Balaban J connectivity index is 1.28. The second-order valence-electron chi connectivity index (χ2n) is 12.4. The number of imidazole rings is 1. The van der Waals surface area contributed by atoms with Crippen LogP contribution in [0.1, 0.15) is 0 Å². The summed E-state index contributed by atoms with van der Waals surface area (Å²) in [6.07, 6.45) is 0. The van der Waals surface area contributed by atoms with Crippen LogP contribution in [0.5, 0.6) is 0 Å². The lowest BCUT2D eigenvalue weighted by Gasteiger charge is -2.13. The number of aromatic nitrogens is 4. The summed E-state index contributed by atoms with van der Waals surface area (Å²) in [5, 5.41) is 8.56. The third-order valence-corrected chi connectivity index (χ3v) is 9.99. The second-order valence-corrected chi connectivity index (χ2v) is 12.4. The van der Waals surface area contributed by atoms with E-state index in [1.807, 2.05) is 0 Å². The van der Waals surface area contributed by atoms with Gasteiger partial charge in [-0.2, -0.15) is 0 Å². The van der Waals surface area contributed by atoms with Crippen LogP contribution >= 0.6 is 0 Å². The van der Waals surface area contributed by atoms with Crippen molar-refractivity contribution in [3.8, 4) is 11.4 Å². The fraction of sp³-hybridized carbons (Fsp3) is 0. The van der Waals surface area contributed by atoms with Gasteiger partial charge in [-0.3, -0.25) is 4.40 Å². The number of para-hydroxylation sites is 4. The van der Waals surface area contributed by atoms with E-state index in [2.05, 4.69) is 171 Å². The Kier molecular flexibility index (Phi) is 4.81. The maximum absolute atomic E-state index is 5.49. The van der Waals surface area contributed by atoms with Crippen molar-refractivity contribution in [3.63, 3.8) is 0 Å². The van der Waals surface area contributed by atoms with Crippen molar-refractivity contribution in [3.05, 3.63) is 158 Å². The van der Waals surface area contributed by atoms with Gasteiger partial charge in [0.05, 0.1) is 33.1 Å². The molecule has 7 aromatic carbocycles. The first kappa shape index (κ1) is 24.9. The summed E-state index contributed by atoms with van der Waals surface area (Å²) in [6, 6.07) is 56.9. The number of fused-ring (bicyclic) bond motifs is 15. The minimum Gasteiger partial charge on any atom is -0.309 e. The molecule has 0 atom stereocenters. The van der Waals surface area contributed by atoms with E-state index >= 15 is 0 Å². The molecule has 0 aliphatic carbocycles. The van der Waals surface area contributed by atoms with E-state index < -0.39 is 0 Å². The molecule has 0 bridgehead atoms. The molecular formula is C43H26N4. The standard InChI is InChI=1S/C43H26N4/c1-2-19-35-29(14-1)30-15-3-10-23-39(30)47-40-25-24-34-33-18-6-9-22-38(33)46(42(34)41(40)44-43(35)47)28-13-11-12-27(26-28)45-36-20-7-4-16-31(36)32-17-5-8-21-37(32)45/h1-26H. The van der Waals surface area contributed by atoms with Gasteiger partial charge in [-0.1, -0.05) is 103 Å². The molecule has 4 heteroatoms. The Morgan fingerprint density at radius 3 is 1.49 bits per heavy atom. The molecule has 0 aliphatic rings. The van der Waals surface area contributed by atoms with Crippen LogP contribution in [0.4, 0.5) is 0 Å². The van der Waals surface area contributed by atoms with Crippen molar-refractivity contribution < 1.29 is 0 Å². The van der Waals surface area contributed by atoms with Crippen LogP contribution in [0.2, 0.25) is 0 Å². The average Bonchev–Trinajstić information content (AvgIpc) is 3.80. The summed E-state index contributed by atoms with van der Waals surface area (Å²) in [5.74, 6) is 0. The fourth-order valence-corrected chi connectivity index (χ4v) is 8.06. The monoisotopic (exact) mass is 598 g/mol. The Hall–Kier alpha value is -6.39. The minimum atomic E-state index is 0.984. The normalized spacial score (nSPS) is 12.3. The maximum Gasteiger partial charge on any atom is 0.146 e. The smallest absolute Gasteiger partial charge is 0.146 e. The molecule has 0 saturated heterocycles. The number of hydrogen-bond donors (Lipinski definition) is 0. The SMILES string of the molecule is c1cc(-n2c3ccccc3c3ccccc32)cc(-n2c3ccccc3c3ccc4c(nc5c6ccccc6c6ccccc6n45)c32)c1. The van der Waals surface area contributed by atoms with Crippen LogP contribution in [0.25, 0.3) is 93.3 Å². The topological polar surface area (TPSA) is 27.2 Å². The van der Waals surface area contributed by atoms with Gasteiger partial charge in [-0.05, 0) is 60.0 Å². The molecule has 11 aromatic rings. The van der Waals surface area contributed by atoms with E-state index in [-0.39, 0.29) is 0 Å². The highest BCUT2D eigenvalue weighted by atomic mass is 15.1. The molecule has 0 spiro atoms. The molecule has 4 aromatic heterocycles. The largest absolute Gasteiger partial charge is 0.309 e. The van der Waals surface area contributed by atoms with Gasteiger partial charge >= 0.3 is 0 Å². The number of benzene rings is 7. The lowest BCUT2D eigenvalue weighted by molar-refractivity contribution is 1.14. The van der Waals surface area contributed by atoms with E-state index in [4.69, 9.17) is 4.98 Å². The summed E-state index contributed by atoms with van der Waals surface area (Å²) in [5.41, 5.74) is 11.2. The highest BCUT2D eigenvalue weighted by molar-refractivity contribution is 6.20. The van der Waals surface area contributed by atoms with E-state index in [0.717, 1.165) is 39.0 Å². The number of pyridine rings is 1. The number of nitrogens with zero attached hydrogens (tertiary/aromatic N) is 4. The highest BCUT2D eigenvalue weighted by Crippen LogP contribution is 2.40. The van der Waals surface area contributed by atoms with E-state index in [1.165, 1.54) is 54.4 Å². The first-order valence-corrected chi connectivity index (χ1v) is 16.1. The number of hydrogen-bond acceptors (Lipinski definition) is 1. The summed E-state index contributed by atoms with van der Waals surface area (Å²) in [6.45, 7) is 0. The maximum atomic E-state index is 5.49. The van der Waals surface area contributed by atoms with Crippen LogP contribution in [0.15, 0.2) is 158 Å². The van der Waals surface area contributed by atoms with Gasteiger partial charge in [0.2, 0.25) is 0 Å². The first-order valence-electron chi connectivity index (χ1n) is 16.1. The van der Waals surface area contributed by atoms with E-state index in [1.54, 1.807) is 0 Å². The molecular weight excluding hydrogens is 573 g/mol. The zero-order valence-electron chi connectivity index (χ0n) is 25.3. The Bertz CT molecular complexity index is 3030. The van der Waals surface area contributed by atoms with Crippen LogP contribution in [0.3, 0.4) is 0 Å². The van der Waals surface area contributed by atoms with E-state index in [9.17, 15) is 0 Å². The fourth-order valence-electron chi connectivity index (χ4n) is 8.06. The van der Waals surface area contributed by atoms with Crippen LogP contribution < -0.4 is 0 Å². The molecule has 4 heterocycles. The summed E-state index contributed by atoms with van der Waals surface area (Å²) in [7, 11) is 0. The molecule has 4 nitrogen and oxygen atoms in total.